The largest absolute Gasteiger partial charge is 0.484 e. The number of nitrogens with zero attached hydrogens (tertiary/aromatic N) is 1. The van der Waals surface area contributed by atoms with Gasteiger partial charge < -0.3 is 4.74 Å². The van der Waals surface area contributed by atoms with Gasteiger partial charge in [-0.15, -0.1) is 0 Å². The normalized spacial score (nSPS) is 22.1. The van der Waals surface area contributed by atoms with E-state index in [0.717, 1.165) is 16.1 Å². The number of hydrogen-bond acceptors (Lipinski definition) is 4. The Balaban J connectivity index is 1.60. The van der Waals surface area contributed by atoms with E-state index >= 15 is 0 Å². The van der Waals surface area contributed by atoms with E-state index in [2.05, 4.69) is 5.43 Å². The summed E-state index contributed by atoms with van der Waals surface area (Å²) in [5.41, 5.74) is 4.05. The highest BCUT2D eigenvalue weighted by Gasteiger charge is 2.48. The van der Waals surface area contributed by atoms with Gasteiger partial charge in [0.15, 0.2) is 6.61 Å². The topological polar surface area (TPSA) is 75.7 Å². The molecule has 1 saturated heterocycles. The highest BCUT2D eigenvalue weighted by molar-refractivity contribution is 6.32. The molecule has 1 fully saturated rings. The van der Waals surface area contributed by atoms with Crippen LogP contribution in [-0.4, -0.2) is 29.3 Å². The molecule has 2 aliphatic rings. The molecule has 1 aromatic carbocycles. The van der Waals surface area contributed by atoms with Crippen LogP contribution in [0.15, 0.2) is 24.3 Å². The molecule has 25 heavy (non-hydrogen) atoms. The predicted molar refractivity (Wildman–Crippen MR) is 91.8 cm³/mol. The van der Waals surface area contributed by atoms with Crippen LogP contribution < -0.4 is 10.2 Å². The van der Waals surface area contributed by atoms with Gasteiger partial charge in [0.05, 0.1) is 11.8 Å². The monoisotopic (exact) mass is 362 g/mol. The van der Waals surface area contributed by atoms with Crippen molar-refractivity contribution in [2.45, 2.75) is 26.7 Å². The van der Waals surface area contributed by atoms with E-state index < -0.39 is 5.91 Å². The minimum absolute atomic E-state index is 0.300. The van der Waals surface area contributed by atoms with E-state index in [0.29, 0.717) is 23.6 Å². The van der Waals surface area contributed by atoms with Crippen LogP contribution >= 0.6 is 11.6 Å². The molecule has 3 rings (SSSR count). The molecule has 0 unspecified atom stereocenters. The number of nitrogens with one attached hydrogen (secondary N) is 1. The minimum atomic E-state index is -0.557. The number of allylic oxidation sites excluding steroid dienone is 2. The van der Waals surface area contributed by atoms with Gasteiger partial charge in [-0.05, 0) is 49.9 Å². The Morgan fingerprint density at radius 2 is 1.68 bits per heavy atom. The molecule has 1 aliphatic heterocycles. The van der Waals surface area contributed by atoms with Gasteiger partial charge in [-0.2, -0.15) is 5.01 Å². The summed E-state index contributed by atoms with van der Waals surface area (Å²) < 4.78 is 5.45. The van der Waals surface area contributed by atoms with Crippen LogP contribution in [0.3, 0.4) is 0 Å². The minimum Gasteiger partial charge on any atom is -0.484 e. The van der Waals surface area contributed by atoms with Crippen LogP contribution in [0.2, 0.25) is 5.02 Å². The summed E-state index contributed by atoms with van der Waals surface area (Å²) in [5, 5.41) is 1.49. The fraction of sp³-hybridized carbons (Fsp3) is 0.389. The number of halogens is 1. The molecule has 0 bridgehead atoms. The van der Waals surface area contributed by atoms with Gasteiger partial charge in [0.25, 0.3) is 17.7 Å². The van der Waals surface area contributed by atoms with E-state index in [-0.39, 0.29) is 30.3 Å². The van der Waals surface area contributed by atoms with Crippen molar-refractivity contribution in [2.75, 3.05) is 6.61 Å². The molecule has 132 valence electrons. The van der Waals surface area contributed by atoms with Crippen molar-refractivity contribution in [3.63, 3.8) is 0 Å². The lowest BCUT2D eigenvalue weighted by Crippen LogP contribution is -2.48. The molecule has 0 aromatic heterocycles. The summed E-state index contributed by atoms with van der Waals surface area (Å²) in [5.74, 6) is -1.51. The van der Waals surface area contributed by atoms with Crippen LogP contribution in [0.5, 0.6) is 5.75 Å². The van der Waals surface area contributed by atoms with E-state index in [4.69, 9.17) is 16.3 Å². The first-order chi connectivity index (χ1) is 11.9. The second-order valence-electron chi connectivity index (χ2n) is 6.36. The summed E-state index contributed by atoms with van der Waals surface area (Å²) in [6.07, 6.45) is 4.85. The molecule has 0 spiro atoms. The van der Waals surface area contributed by atoms with Crippen LogP contribution in [-0.2, 0) is 14.4 Å². The second kappa shape index (κ2) is 6.88. The SMILES string of the molecule is Cc1cc(OCC(=O)NN2C(=O)[C@H]3CC=CC[C@H]3C2=O)cc(C)c1Cl. The Kier molecular flexibility index (Phi) is 4.81. The van der Waals surface area contributed by atoms with Crippen molar-refractivity contribution in [2.24, 2.45) is 11.8 Å². The molecule has 1 aliphatic carbocycles. The number of imide groups is 1. The molecule has 1 aromatic rings. The molecule has 1 heterocycles. The number of amides is 3. The van der Waals surface area contributed by atoms with Crippen LogP contribution in [0.1, 0.15) is 24.0 Å². The van der Waals surface area contributed by atoms with Gasteiger partial charge >= 0.3 is 0 Å². The summed E-state index contributed by atoms with van der Waals surface area (Å²) in [7, 11) is 0. The Labute approximate surface area is 150 Å². The zero-order chi connectivity index (χ0) is 18.1. The van der Waals surface area contributed by atoms with Crippen LogP contribution in [0, 0.1) is 25.7 Å². The van der Waals surface area contributed by atoms with Crippen LogP contribution in [0.25, 0.3) is 0 Å². The predicted octanol–water partition coefficient (Wildman–Crippen LogP) is 2.32. The number of hydrazine groups is 1. The fourth-order valence-electron chi connectivity index (χ4n) is 3.21. The van der Waals surface area contributed by atoms with Crippen molar-refractivity contribution < 1.29 is 19.1 Å². The van der Waals surface area contributed by atoms with E-state index in [9.17, 15) is 14.4 Å². The highest BCUT2D eigenvalue weighted by atomic mass is 35.5. The molecule has 6 nitrogen and oxygen atoms in total. The third-order valence-electron chi connectivity index (χ3n) is 4.52. The smallest absolute Gasteiger partial charge is 0.276 e. The van der Waals surface area contributed by atoms with Crippen molar-refractivity contribution in [1.82, 2.24) is 10.4 Å². The third-order valence-corrected chi connectivity index (χ3v) is 5.12. The molecule has 7 heteroatoms. The highest BCUT2D eigenvalue weighted by Crippen LogP contribution is 2.34. The fourth-order valence-corrected chi connectivity index (χ4v) is 3.31. The zero-order valence-corrected chi connectivity index (χ0v) is 14.8. The van der Waals surface area contributed by atoms with Crippen molar-refractivity contribution in [3.05, 3.63) is 40.4 Å². The number of benzene rings is 1. The maximum absolute atomic E-state index is 12.3. The van der Waals surface area contributed by atoms with Gasteiger partial charge in [0.1, 0.15) is 5.75 Å². The summed E-state index contributed by atoms with van der Waals surface area (Å²) >= 11 is 6.10. The van der Waals surface area contributed by atoms with E-state index in [1.807, 2.05) is 26.0 Å². The maximum Gasteiger partial charge on any atom is 0.276 e. The Morgan fingerprint density at radius 3 is 2.20 bits per heavy atom. The molecular formula is C18H19ClN2O4. The van der Waals surface area contributed by atoms with Gasteiger partial charge in [-0.25, -0.2) is 0 Å². The molecular weight excluding hydrogens is 344 g/mol. The van der Waals surface area contributed by atoms with E-state index in [1.165, 1.54) is 0 Å². The van der Waals surface area contributed by atoms with E-state index in [1.54, 1.807) is 12.1 Å². The molecule has 3 amide bonds. The number of ether oxygens (including phenoxy) is 1. The average molecular weight is 363 g/mol. The Morgan fingerprint density at radius 1 is 1.16 bits per heavy atom. The maximum atomic E-state index is 12.3. The third kappa shape index (κ3) is 3.39. The first-order valence-electron chi connectivity index (χ1n) is 8.10. The summed E-state index contributed by atoms with van der Waals surface area (Å²) in [6.45, 7) is 3.39. The zero-order valence-electron chi connectivity index (χ0n) is 14.0. The Bertz CT molecular complexity index is 725. The number of carbonyl (C=O) groups is 3. The second-order valence-corrected chi connectivity index (χ2v) is 6.74. The number of fused-ring (bicyclic) bond motifs is 1. The summed E-state index contributed by atoms with van der Waals surface area (Å²) in [4.78, 5) is 36.7. The molecule has 0 radical (unpaired) electrons. The number of carbonyl (C=O) groups excluding carboxylic acids is 3. The number of hydrogen-bond donors (Lipinski definition) is 1. The number of rotatable bonds is 4. The Hall–Kier alpha value is -2.34. The first kappa shape index (κ1) is 17.5. The number of aryl methyl sites for hydroxylation is 2. The van der Waals surface area contributed by atoms with Crippen molar-refractivity contribution in [1.29, 1.82) is 0 Å². The van der Waals surface area contributed by atoms with Crippen molar-refractivity contribution >= 4 is 29.3 Å². The van der Waals surface area contributed by atoms with Gasteiger partial charge in [0.2, 0.25) is 0 Å². The molecule has 2 atom stereocenters. The van der Waals surface area contributed by atoms with Gasteiger partial charge in [0, 0.05) is 5.02 Å². The van der Waals surface area contributed by atoms with Crippen LogP contribution in [0.4, 0.5) is 0 Å². The lowest BCUT2D eigenvalue weighted by Gasteiger charge is -2.16. The lowest BCUT2D eigenvalue weighted by atomic mass is 9.85. The standard InChI is InChI=1S/C18H19ClN2O4/c1-10-7-12(8-11(2)16(10)19)25-9-15(22)20-21-17(23)13-5-3-4-6-14(13)18(21)24/h3-4,7-8,13-14H,5-6,9H2,1-2H3,(H,20,22)/t13-,14+. The average Bonchev–Trinajstić information content (AvgIpc) is 2.83. The van der Waals surface area contributed by atoms with Gasteiger partial charge in [-0.3, -0.25) is 19.8 Å². The molecule has 1 N–H and O–H groups in total. The lowest BCUT2D eigenvalue weighted by molar-refractivity contribution is -0.149. The quantitative estimate of drug-likeness (QED) is 0.658. The van der Waals surface area contributed by atoms with Gasteiger partial charge in [-0.1, -0.05) is 23.8 Å². The van der Waals surface area contributed by atoms with Crippen molar-refractivity contribution in [3.8, 4) is 5.75 Å². The molecule has 0 saturated carbocycles. The summed E-state index contributed by atoms with van der Waals surface area (Å²) in [6, 6.07) is 3.46. The first-order valence-corrected chi connectivity index (χ1v) is 8.48.